The van der Waals surface area contributed by atoms with Crippen molar-refractivity contribution >= 4 is 0 Å². The van der Waals surface area contributed by atoms with Crippen LogP contribution in [0.2, 0.25) is 0 Å². The highest BCUT2D eigenvalue weighted by molar-refractivity contribution is 5.64. The van der Waals surface area contributed by atoms with Crippen molar-refractivity contribution in [1.29, 1.82) is 0 Å². The zero-order valence-corrected chi connectivity index (χ0v) is 13.6. The molecule has 2 aromatic rings. The fourth-order valence-electron chi connectivity index (χ4n) is 2.53. The van der Waals surface area contributed by atoms with Gasteiger partial charge in [0.25, 0.3) is 0 Å². The topological polar surface area (TPSA) is 29.5 Å². The molecule has 2 rings (SSSR count). The van der Waals surface area contributed by atoms with Crippen LogP contribution in [0.3, 0.4) is 0 Å². The first-order valence-corrected chi connectivity index (χ1v) is 8.25. The smallest absolute Gasteiger partial charge is 0.119 e. The number of hydrogen-bond donors (Lipinski definition) is 1. The molecule has 0 saturated carbocycles. The molecular weight excluding hydrogens is 272 g/mol. The molecule has 1 atom stereocenters. The summed E-state index contributed by atoms with van der Waals surface area (Å²) in [6.45, 7) is 4.37. The molecular formula is C20H26O2. The Hall–Kier alpha value is -1.96. The van der Waals surface area contributed by atoms with Gasteiger partial charge in [0.15, 0.2) is 0 Å². The van der Waals surface area contributed by atoms with Crippen LogP contribution in [0, 0.1) is 0 Å². The van der Waals surface area contributed by atoms with Crippen molar-refractivity contribution in [3.63, 3.8) is 0 Å². The van der Waals surface area contributed by atoms with Gasteiger partial charge >= 0.3 is 0 Å². The minimum atomic E-state index is 0.261. The Kier molecular flexibility index (Phi) is 6.32. The van der Waals surface area contributed by atoms with Crippen molar-refractivity contribution in [2.24, 2.45) is 0 Å². The summed E-state index contributed by atoms with van der Waals surface area (Å²) in [6.07, 6.45) is 6.49. The summed E-state index contributed by atoms with van der Waals surface area (Å²) < 4.78 is 5.96. The number of ether oxygens (including phenoxy) is 1. The third kappa shape index (κ3) is 5.10. The highest BCUT2D eigenvalue weighted by atomic mass is 16.5. The molecule has 0 spiro atoms. The predicted octanol–water partition coefficient (Wildman–Crippen LogP) is 5.80. The number of hydrogen-bond acceptors (Lipinski definition) is 2. The molecule has 2 aromatic carbocycles. The number of benzene rings is 2. The van der Waals surface area contributed by atoms with E-state index in [4.69, 9.17) is 4.74 Å². The Morgan fingerprint density at radius 2 is 1.45 bits per heavy atom. The van der Waals surface area contributed by atoms with E-state index in [9.17, 15) is 5.11 Å². The molecule has 1 unspecified atom stereocenters. The van der Waals surface area contributed by atoms with E-state index >= 15 is 0 Å². The summed E-state index contributed by atoms with van der Waals surface area (Å²) >= 11 is 0. The van der Waals surface area contributed by atoms with Crippen LogP contribution >= 0.6 is 0 Å². The van der Waals surface area contributed by atoms with Crippen LogP contribution < -0.4 is 4.74 Å². The summed E-state index contributed by atoms with van der Waals surface area (Å²) in [6, 6.07) is 15.4. The Morgan fingerprint density at radius 1 is 0.864 bits per heavy atom. The molecule has 1 N–H and O–H groups in total. The molecule has 0 amide bonds. The monoisotopic (exact) mass is 298 g/mol. The number of rotatable bonds is 8. The predicted molar refractivity (Wildman–Crippen MR) is 92.4 cm³/mol. The van der Waals surface area contributed by atoms with Gasteiger partial charge in [-0.3, -0.25) is 0 Å². The van der Waals surface area contributed by atoms with Crippen LogP contribution in [0.4, 0.5) is 0 Å². The Bertz CT molecular complexity index is 543. The van der Waals surface area contributed by atoms with Crippen LogP contribution in [-0.2, 0) is 0 Å². The van der Waals surface area contributed by atoms with E-state index in [1.165, 1.54) is 25.7 Å². The highest BCUT2D eigenvalue weighted by Gasteiger charge is 2.04. The van der Waals surface area contributed by atoms with Crippen LogP contribution in [0.5, 0.6) is 11.5 Å². The number of phenols is 1. The van der Waals surface area contributed by atoms with Gasteiger partial charge in [0, 0.05) is 0 Å². The molecule has 0 aromatic heterocycles. The number of phenolic OH excluding ortho intramolecular Hbond substituents is 1. The molecule has 0 radical (unpaired) electrons. The SMILES string of the molecule is CCCCCCC(C)Oc1ccc(-c2ccc(O)cc2)cc1. The lowest BCUT2D eigenvalue weighted by atomic mass is 10.1. The Labute approximate surface area is 133 Å². The quantitative estimate of drug-likeness (QED) is 0.624. The molecule has 0 heterocycles. The normalized spacial score (nSPS) is 12.1. The molecule has 0 fully saturated rings. The largest absolute Gasteiger partial charge is 0.508 e. The van der Waals surface area contributed by atoms with Gasteiger partial charge in [-0.1, -0.05) is 50.5 Å². The molecule has 2 heteroatoms. The van der Waals surface area contributed by atoms with Crippen molar-refractivity contribution in [2.75, 3.05) is 0 Å². The lowest BCUT2D eigenvalue weighted by Gasteiger charge is -2.15. The van der Waals surface area contributed by atoms with Crippen LogP contribution in [0.15, 0.2) is 48.5 Å². The second kappa shape index (κ2) is 8.47. The molecule has 0 saturated heterocycles. The second-order valence-electron chi connectivity index (χ2n) is 5.85. The van der Waals surface area contributed by atoms with E-state index in [0.29, 0.717) is 5.75 Å². The molecule has 0 aliphatic heterocycles. The average Bonchev–Trinajstić information content (AvgIpc) is 2.53. The summed E-state index contributed by atoms with van der Waals surface area (Å²) in [5.41, 5.74) is 2.22. The van der Waals surface area contributed by atoms with E-state index in [-0.39, 0.29) is 6.10 Å². The van der Waals surface area contributed by atoms with Gasteiger partial charge in [-0.25, -0.2) is 0 Å². The van der Waals surface area contributed by atoms with Gasteiger partial charge < -0.3 is 9.84 Å². The maximum atomic E-state index is 9.33. The standard InChI is InChI=1S/C20H26O2/c1-3-4-5-6-7-16(2)22-20-14-10-18(11-15-20)17-8-12-19(21)13-9-17/h8-16,21H,3-7H2,1-2H3. The van der Waals surface area contributed by atoms with Crippen molar-refractivity contribution in [3.05, 3.63) is 48.5 Å². The first-order valence-electron chi connectivity index (χ1n) is 8.25. The van der Waals surface area contributed by atoms with E-state index in [2.05, 4.69) is 26.0 Å². The second-order valence-corrected chi connectivity index (χ2v) is 5.85. The molecule has 0 aliphatic rings. The number of unbranched alkanes of at least 4 members (excludes halogenated alkanes) is 3. The van der Waals surface area contributed by atoms with E-state index in [0.717, 1.165) is 23.3 Å². The lowest BCUT2D eigenvalue weighted by Crippen LogP contribution is -2.11. The maximum Gasteiger partial charge on any atom is 0.119 e. The van der Waals surface area contributed by atoms with E-state index in [1.807, 2.05) is 24.3 Å². The third-order valence-electron chi connectivity index (χ3n) is 3.86. The molecule has 0 aliphatic carbocycles. The van der Waals surface area contributed by atoms with Crippen molar-refractivity contribution in [3.8, 4) is 22.6 Å². The minimum Gasteiger partial charge on any atom is -0.508 e. The summed E-state index contributed by atoms with van der Waals surface area (Å²) in [7, 11) is 0. The Morgan fingerprint density at radius 3 is 2.05 bits per heavy atom. The van der Waals surface area contributed by atoms with Crippen LogP contribution in [0.1, 0.15) is 46.0 Å². The summed E-state index contributed by atoms with van der Waals surface area (Å²) in [5, 5.41) is 9.33. The van der Waals surface area contributed by atoms with Gasteiger partial charge in [-0.2, -0.15) is 0 Å². The molecule has 2 nitrogen and oxygen atoms in total. The Balaban J connectivity index is 1.87. The van der Waals surface area contributed by atoms with Crippen LogP contribution in [-0.4, -0.2) is 11.2 Å². The highest BCUT2D eigenvalue weighted by Crippen LogP contribution is 2.25. The number of aromatic hydroxyl groups is 1. The van der Waals surface area contributed by atoms with Crippen molar-refractivity contribution < 1.29 is 9.84 Å². The summed E-state index contributed by atoms with van der Waals surface area (Å²) in [5.74, 6) is 1.21. The fraction of sp³-hybridized carbons (Fsp3) is 0.400. The van der Waals surface area contributed by atoms with Gasteiger partial charge in [0.2, 0.25) is 0 Å². The summed E-state index contributed by atoms with van der Waals surface area (Å²) in [4.78, 5) is 0. The molecule has 118 valence electrons. The van der Waals surface area contributed by atoms with Gasteiger partial charge in [0.05, 0.1) is 6.10 Å². The third-order valence-corrected chi connectivity index (χ3v) is 3.86. The zero-order valence-electron chi connectivity index (χ0n) is 13.6. The first kappa shape index (κ1) is 16.4. The van der Waals surface area contributed by atoms with Gasteiger partial charge in [0.1, 0.15) is 11.5 Å². The first-order chi connectivity index (χ1) is 10.7. The fourth-order valence-corrected chi connectivity index (χ4v) is 2.53. The van der Waals surface area contributed by atoms with E-state index in [1.54, 1.807) is 12.1 Å². The molecule has 22 heavy (non-hydrogen) atoms. The van der Waals surface area contributed by atoms with Gasteiger partial charge in [-0.05, 0) is 55.2 Å². The zero-order chi connectivity index (χ0) is 15.8. The van der Waals surface area contributed by atoms with Gasteiger partial charge in [-0.15, -0.1) is 0 Å². The lowest BCUT2D eigenvalue weighted by molar-refractivity contribution is 0.206. The maximum absolute atomic E-state index is 9.33. The van der Waals surface area contributed by atoms with Crippen LogP contribution in [0.25, 0.3) is 11.1 Å². The van der Waals surface area contributed by atoms with E-state index < -0.39 is 0 Å². The van der Waals surface area contributed by atoms with Crippen molar-refractivity contribution in [1.82, 2.24) is 0 Å². The average molecular weight is 298 g/mol. The van der Waals surface area contributed by atoms with Crippen molar-refractivity contribution in [2.45, 2.75) is 52.1 Å². The molecule has 0 bridgehead atoms. The minimum absolute atomic E-state index is 0.261.